The third kappa shape index (κ3) is 3.40. The Hall–Kier alpha value is -0.710. The molecule has 1 aromatic heterocycles. The van der Waals surface area contributed by atoms with Gasteiger partial charge in [-0.1, -0.05) is 41.7 Å². The van der Waals surface area contributed by atoms with E-state index in [1.807, 2.05) is 40.4 Å². The van der Waals surface area contributed by atoms with Gasteiger partial charge in [0.05, 0.1) is 4.88 Å². The Morgan fingerprint density at radius 1 is 1.31 bits per heavy atom. The van der Waals surface area contributed by atoms with E-state index in [-0.39, 0.29) is 17.0 Å². The summed E-state index contributed by atoms with van der Waals surface area (Å²) in [7, 11) is 0. The number of thiazole rings is 1. The molecule has 1 aromatic carbocycles. The van der Waals surface area contributed by atoms with Crippen LogP contribution in [0.5, 0.6) is 0 Å². The first-order valence-electron chi connectivity index (χ1n) is 4.93. The smallest absolute Gasteiger partial charge is 0.225 e. The van der Waals surface area contributed by atoms with Crippen LogP contribution in [-0.2, 0) is 6.54 Å². The number of aryl methyl sites for hydroxylation is 1. The van der Waals surface area contributed by atoms with Crippen LogP contribution in [0.4, 0.5) is 0 Å². The fourth-order valence-corrected chi connectivity index (χ4v) is 2.17. The van der Waals surface area contributed by atoms with Crippen molar-refractivity contribution in [1.82, 2.24) is 0 Å². The minimum atomic E-state index is -0.426. The average Bonchev–Trinajstić information content (AvgIpc) is 2.65. The molecule has 0 amide bonds. The lowest BCUT2D eigenvalue weighted by molar-refractivity contribution is -0.700. The zero-order chi connectivity index (χ0) is 10.7. The molecule has 0 saturated heterocycles. The molecule has 2 rings (SSSR count). The Bertz CT molecular complexity index is 430. The third-order valence-electron chi connectivity index (χ3n) is 2.29. The van der Waals surface area contributed by atoms with Gasteiger partial charge in [-0.3, -0.25) is 0 Å². The zero-order valence-electron chi connectivity index (χ0n) is 9.01. The van der Waals surface area contributed by atoms with E-state index in [2.05, 4.69) is 13.1 Å². The summed E-state index contributed by atoms with van der Waals surface area (Å²) in [6, 6.07) is 9.75. The van der Waals surface area contributed by atoms with Crippen molar-refractivity contribution in [3.05, 3.63) is 52.5 Å². The molecule has 1 unspecified atom stereocenters. The lowest BCUT2D eigenvalue weighted by atomic mass is 10.1. The summed E-state index contributed by atoms with van der Waals surface area (Å²) < 4.78 is 2.03. The normalized spacial score (nSPS) is 11.9. The van der Waals surface area contributed by atoms with Gasteiger partial charge < -0.3 is 22.1 Å². The molecule has 0 fully saturated rings. The summed E-state index contributed by atoms with van der Waals surface area (Å²) in [6.45, 7) is 2.68. The van der Waals surface area contributed by atoms with Gasteiger partial charge in [-0.05, 0) is 12.5 Å². The van der Waals surface area contributed by atoms with E-state index in [1.165, 1.54) is 4.88 Å². The standard InChI is InChI=1S/C12H14NOS.BrH/c1-10-7-13(9-15-10)8-12(14)11-5-3-2-4-6-11;/h2-7,9,12,14H,8H2,1H3;1H/q+1;/p-1. The van der Waals surface area contributed by atoms with Gasteiger partial charge in [0, 0.05) is 0 Å². The largest absolute Gasteiger partial charge is 1.00 e. The van der Waals surface area contributed by atoms with Crippen molar-refractivity contribution in [3.8, 4) is 0 Å². The fraction of sp³-hybridized carbons (Fsp3) is 0.250. The molecule has 0 saturated carbocycles. The quantitative estimate of drug-likeness (QED) is 0.729. The van der Waals surface area contributed by atoms with Crippen LogP contribution < -0.4 is 21.5 Å². The fourth-order valence-electron chi connectivity index (χ4n) is 1.52. The topological polar surface area (TPSA) is 24.1 Å². The SMILES string of the molecule is Cc1c[n+](CC(O)c2ccccc2)cs1.[Br-]. The van der Waals surface area contributed by atoms with Crippen LogP contribution in [0.15, 0.2) is 42.0 Å². The summed E-state index contributed by atoms with van der Waals surface area (Å²) >= 11 is 1.69. The van der Waals surface area contributed by atoms with Crippen LogP contribution in [-0.4, -0.2) is 5.11 Å². The van der Waals surface area contributed by atoms with E-state index in [0.29, 0.717) is 6.54 Å². The van der Waals surface area contributed by atoms with E-state index >= 15 is 0 Å². The Morgan fingerprint density at radius 3 is 2.56 bits per heavy atom. The first-order valence-corrected chi connectivity index (χ1v) is 5.81. The molecule has 1 heterocycles. The molecule has 1 atom stereocenters. The van der Waals surface area contributed by atoms with Crippen LogP contribution in [0.1, 0.15) is 16.5 Å². The number of benzene rings is 1. The van der Waals surface area contributed by atoms with Crippen molar-refractivity contribution >= 4 is 11.3 Å². The van der Waals surface area contributed by atoms with Crippen LogP contribution >= 0.6 is 11.3 Å². The van der Waals surface area contributed by atoms with Crippen LogP contribution in [0.3, 0.4) is 0 Å². The summed E-state index contributed by atoms with van der Waals surface area (Å²) in [5.41, 5.74) is 3.00. The zero-order valence-corrected chi connectivity index (χ0v) is 11.4. The minimum absolute atomic E-state index is 0. The number of hydrogen-bond acceptors (Lipinski definition) is 2. The second-order valence-corrected chi connectivity index (χ2v) is 4.68. The first kappa shape index (κ1) is 13.4. The van der Waals surface area contributed by atoms with Crippen molar-refractivity contribution < 1.29 is 26.7 Å². The number of aliphatic hydroxyl groups excluding tert-OH is 1. The molecule has 2 aromatic rings. The highest BCUT2D eigenvalue weighted by molar-refractivity contribution is 7.09. The number of hydrogen-bond donors (Lipinski definition) is 1. The molecule has 0 bridgehead atoms. The van der Waals surface area contributed by atoms with E-state index in [4.69, 9.17) is 0 Å². The van der Waals surface area contributed by atoms with Crippen LogP contribution in [0.25, 0.3) is 0 Å². The van der Waals surface area contributed by atoms with E-state index in [1.54, 1.807) is 11.3 Å². The van der Waals surface area contributed by atoms with Crippen LogP contribution in [0, 0.1) is 6.92 Å². The van der Waals surface area contributed by atoms with Crippen molar-refractivity contribution in [1.29, 1.82) is 0 Å². The predicted molar refractivity (Wildman–Crippen MR) is 60.7 cm³/mol. The van der Waals surface area contributed by atoms with Gasteiger partial charge in [0.25, 0.3) is 0 Å². The minimum Gasteiger partial charge on any atom is -1.00 e. The molecular weight excluding hydrogens is 286 g/mol. The van der Waals surface area contributed by atoms with Crippen molar-refractivity contribution in [2.24, 2.45) is 0 Å². The van der Waals surface area contributed by atoms with Gasteiger partial charge >= 0.3 is 0 Å². The molecular formula is C12H14BrNOS. The summed E-state index contributed by atoms with van der Waals surface area (Å²) in [6.07, 6.45) is 1.63. The number of nitrogens with zero attached hydrogens (tertiary/aromatic N) is 1. The maximum atomic E-state index is 9.97. The number of halogens is 1. The maximum absolute atomic E-state index is 9.97. The van der Waals surface area contributed by atoms with E-state index in [9.17, 15) is 5.11 Å². The van der Waals surface area contributed by atoms with Gasteiger partial charge in [-0.25, -0.2) is 0 Å². The Balaban J connectivity index is 0.00000128. The maximum Gasteiger partial charge on any atom is 0.225 e. The monoisotopic (exact) mass is 299 g/mol. The van der Waals surface area contributed by atoms with Crippen molar-refractivity contribution in [3.63, 3.8) is 0 Å². The van der Waals surface area contributed by atoms with Gasteiger partial charge in [0.15, 0.2) is 12.7 Å². The van der Waals surface area contributed by atoms with Gasteiger partial charge in [0.2, 0.25) is 5.51 Å². The molecule has 0 aliphatic carbocycles. The molecule has 0 aliphatic rings. The van der Waals surface area contributed by atoms with Crippen molar-refractivity contribution in [2.75, 3.05) is 0 Å². The van der Waals surface area contributed by atoms with Gasteiger partial charge in [-0.15, -0.1) is 0 Å². The third-order valence-corrected chi connectivity index (χ3v) is 3.14. The number of aliphatic hydroxyl groups is 1. The van der Waals surface area contributed by atoms with Gasteiger partial charge in [0.1, 0.15) is 6.10 Å². The predicted octanol–water partition coefficient (Wildman–Crippen LogP) is -0.918. The Kier molecular flexibility index (Phi) is 5.12. The Morgan fingerprint density at radius 2 is 2.00 bits per heavy atom. The highest BCUT2D eigenvalue weighted by atomic mass is 79.9. The molecule has 86 valence electrons. The number of rotatable bonds is 3. The van der Waals surface area contributed by atoms with Gasteiger partial charge in [-0.2, -0.15) is 4.57 Å². The molecule has 16 heavy (non-hydrogen) atoms. The molecule has 0 aliphatic heterocycles. The van der Waals surface area contributed by atoms with E-state index in [0.717, 1.165) is 5.56 Å². The molecule has 0 spiro atoms. The summed E-state index contributed by atoms with van der Waals surface area (Å²) in [5, 5.41) is 9.97. The second kappa shape index (κ2) is 6.13. The summed E-state index contributed by atoms with van der Waals surface area (Å²) in [4.78, 5) is 1.26. The highest BCUT2D eigenvalue weighted by Crippen LogP contribution is 2.12. The Labute approximate surface area is 110 Å². The second-order valence-electron chi connectivity index (χ2n) is 3.59. The summed E-state index contributed by atoms with van der Waals surface area (Å²) in [5.74, 6) is 0. The molecule has 4 heteroatoms. The molecule has 0 radical (unpaired) electrons. The molecule has 2 nitrogen and oxygen atoms in total. The number of aromatic nitrogens is 1. The molecule has 1 N–H and O–H groups in total. The average molecular weight is 300 g/mol. The first-order chi connectivity index (χ1) is 7.25. The lowest BCUT2D eigenvalue weighted by Gasteiger charge is -2.05. The highest BCUT2D eigenvalue weighted by Gasteiger charge is 2.13. The van der Waals surface area contributed by atoms with Crippen molar-refractivity contribution in [2.45, 2.75) is 19.6 Å². The van der Waals surface area contributed by atoms with Crippen LogP contribution in [0.2, 0.25) is 0 Å². The van der Waals surface area contributed by atoms with E-state index < -0.39 is 6.10 Å². The lowest BCUT2D eigenvalue weighted by Crippen LogP contribution is -3.00.